The Kier molecular flexibility index (Phi) is 3.86. The minimum atomic E-state index is -4.68. The van der Waals surface area contributed by atoms with Crippen molar-refractivity contribution in [1.29, 1.82) is 0 Å². The van der Waals surface area contributed by atoms with Crippen LogP contribution in [0.3, 0.4) is 0 Å². The van der Waals surface area contributed by atoms with Crippen molar-refractivity contribution in [2.24, 2.45) is 23.5 Å². The molecule has 0 heterocycles. The number of para-hydroxylation sites is 1. The van der Waals surface area contributed by atoms with E-state index < -0.39 is 12.4 Å². The quantitative estimate of drug-likeness (QED) is 0.893. The van der Waals surface area contributed by atoms with Crippen LogP contribution < -0.4 is 10.5 Å². The molecule has 0 saturated heterocycles. The standard InChI is InChI=1S/C16H20F3NO/c17-16(18,19)21-15-4-2-1-3-13(15)14(20)9-12-8-10-5-6-11(12)7-10/h1-4,10-12,14H,5-9,20H2. The second-order valence-corrected chi connectivity index (χ2v) is 6.36. The van der Waals surface area contributed by atoms with Gasteiger partial charge in [-0.2, -0.15) is 0 Å². The van der Waals surface area contributed by atoms with Gasteiger partial charge in [-0.05, 0) is 49.5 Å². The average Bonchev–Trinajstić information content (AvgIpc) is 2.99. The van der Waals surface area contributed by atoms with Crippen molar-refractivity contribution in [1.82, 2.24) is 0 Å². The fourth-order valence-corrected chi connectivity index (χ4v) is 4.12. The minimum absolute atomic E-state index is 0.166. The number of alkyl halides is 3. The number of ether oxygens (including phenoxy) is 1. The molecule has 4 unspecified atom stereocenters. The van der Waals surface area contributed by atoms with Crippen LogP contribution in [-0.4, -0.2) is 6.36 Å². The predicted octanol–water partition coefficient (Wildman–Crippen LogP) is 4.41. The second-order valence-electron chi connectivity index (χ2n) is 6.36. The molecule has 0 amide bonds. The van der Waals surface area contributed by atoms with Crippen LogP contribution >= 0.6 is 0 Å². The topological polar surface area (TPSA) is 35.2 Å². The molecule has 4 atom stereocenters. The van der Waals surface area contributed by atoms with E-state index in [1.807, 2.05) is 0 Å². The zero-order valence-corrected chi connectivity index (χ0v) is 11.8. The Balaban J connectivity index is 1.71. The van der Waals surface area contributed by atoms with Gasteiger partial charge in [-0.3, -0.25) is 0 Å². The fraction of sp³-hybridized carbons (Fsp3) is 0.625. The summed E-state index contributed by atoms with van der Waals surface area (Å²) in [6.07, 6.45) is 1.09. The number of halogens is 3. The second kappa shape index (κ2) is 5.52. The highest BCUT2D eigenvalue weighted by molar-refractivity contribution is 5.36. The van der Waals surface area contributed by atoms with Crippen LogP contribution in [0.2, 0.25) is 0 Å². The van der Waals surface area contributed by atoms with Crippen LogP contribution in [0, 0.1) is 17.8 Å². The van der Waals surface area contributed by atoms with Crippen LogP contribution in [0.1, 0.15) is 43.7 Å². The maximum atomic E-state index is 12.4. The fourth-order valence-electron chi connectivity index (χ4n) is 4.12. The third kappa shape index (κ3) is 3.34. The van der Waals surface area contributed by atoms with E-state index in [0.29, 0.717) is 11.5 Å². The van der Waals surface area contributed by atoms with Gasteiger partial charge >= 0.3 is 6.36 Å². The Morgan fingerprint density at radius 2 is 1.95 bits per heavy atom. The molecule has 5 heteroatoms. The molecular weight excluding hydrogens is 279 g/mol. The monoisotopic (exact) mass is 299 g/mol. The molecule has 0 spiro atoms. The molecule has 21 heavy (non-hydrogen) atoms. The van der Waals surface area contributed by atoms with E-state index >= 15 is 0 Å². The van der Waals surface area contributed by atoms with Gasteiger partial charge in [0.2, 0.25) is 0 Å². The van der Waals surface area contributed by atoms with E-state index in [-0.39, 0.29) is 5.75 Å². The van der Waals surface area contributed by atoms with Crippen LogP contribution in [0.5, 0.6) is 5.75 Å². The van der Waals surface area contributed by atoms with Gasteiger partial charge in [0.05, 0.1) is 0 Å². The van der Waals surface area contributed by atoms with Gasteiger partial charge in [-0.25, -0.2) is 0 Å². The molecule has 2 aliphatic rings. The SMILES string of the molecule is NC(CC1CC2CCC1C2)c1ccccc1OC(F)(F)F. The van der Waals surface area contributed by atoms with Gasteiger partial charge < -0.3 is 10.5 Å². The molecular formula is C16H20F3NO. The minimum Gasteiger partial charge on any atom is -0.405 e. The lowest BCUT2D eigenvalue weighted by Crippen LogP contribution is -2.22. The molecule has 1 aromatic carbocycles. The van der Waals surface area contributed by atoms with Crippen molar-refractivity contribution in [3.05, 3.63) is 29.8 Å². The highest BCUT2D eigenvalue weighted by Gasteiger charge is 2.40. The lowest BCUT2D eigenvalue weighted by atomic mass is 9.83. The first-order valence-electron chi connectivity index (χ1n) is 7.52. The zero-order valence-electron chi connectivity index (χ0n) is 11.8. The maximum Gasteiger partial charge on any atom is 0.573 e. The Labute approximate surface area is 122 Å². The van der Waals surface area contributed by atoms with E-state index in [2.05, 4.69) is 4.74 Å². The molecule has 2 fully saturated rings. The molecule has 116 valence electrons. The van der Waals surface area contributed by atoms with Crippen LogP contribution in [-0.2, 0) is 0 Å². The molecule has 3 rings (SSSR count). The summed E-state index contributed by atoms with van der Waals surface area (Å²) in [5, 5.41) is 0. The highest BCUT2D eigenvalue weighted by Crippen LogP contribution is 2.51. The average molecular weight is 299 g/mol. The van der Waals surface area contributed by atoms with Crippen LogP contribution in [0.15, 0.2) is 24.3 Å². The molecule has 2 N–H and O–H groups in total. The largest absolute Gasteiger partial charge is 0.573 e. The number of hydrogen-bond donors (Lipinski definition) is 1. The van der Waals surface area contributed by atoms with Gasteiger partial charge in [0, 0.05) is 11.6 Å². The van der Waals surface area contributed by atoms with Crippen molar-refractivity contribution >= 4 is 0 Å². The van der Waals surface area contributed by atoms with Crippen molar-refractivity contribution in [2.75, 3.05) is 0 Å². The molecule has 2 nitrogen and oxygen atoms in total. The van der Waals surface area contributed by atoms with E-state index in [9.17, 15) is 13.2 Å². The van der Waals surface area contributed by atoms with Crippen molar-refractivity contribution < 1.29 is 17.9 Å². The van der Waals surface area contributed by atoms with Crippen molar-refractivity contribution in [3.63, 3.8) is 0 Å². The summed E-state index contributed by atoms with van der Waals surface area (Å²) in [6.45, 7) is 0. The van der Waals surface area contributed by atoms with Gasteiger partial charge in [0.15, 0.2) is 0 Å². The molecule has 2 saturated carbocycles. The van der Waals surface area contributed by atoms with Crippen molar-refractivity contribution in [3.8, 4) is 5.75 Å². The third-order valence-corrected chi connectivity index (χ3v) is 4.99. The molecule has 2 bridgehead atoms. The van der Waals surface area contributed by atoms with Crippen molar-refractivity contribution in [2.45, 2.75) is 44.5 Å². The Morgan fingerprint density at radius 1 is 1.19 bits per heavy atom. The Hall–Kier alpha value is -1.23. The molecule has 2 aliphatic carbocycles. The van der Waals surface area contributed by atoms with Gasteiger partial charge in [0.1, 0.15) is 5.75 Å². The molecule has 0 aliphatic heterocycles. The van der Waals surface area contributed by atoms with Crippen LogP contribution in [0.4, 0.5) is 13.2 Å². The summed E-state index contributed by atoms with van der Waals surface area (Å²) in [7, 11) is 0. The van der Waals surface area contributed by atoms with Gasteiger partial charge in [0.25, 0.3) is 0 Å². The summed E-state index contributed by atoms with van der Waals surface area (Å²) >= 11 is 0. The number of rotatable bonds is 4. The summed E-state index contributed by atoms with van der Waals surface area (Å²) in [5.74, 6) is 1.92. The first-order valence-corrected chi connectivity index (χ1v) is 7.52. The molecule has 0 aromatic heterocycles. The third-order valence-electron chi connectivity index (χ3n) is 4.99. The number of fused-ring (bicyclic) bond motifs is 2. The summed E-state index contributed by atoms with van der Waals surface area (Å²) in [6, 6.07) is 5.82. The van der Waals surface area contributed by atoms with E-state index in [4.69, 9.17) is 5.73 Å². The number of hydrogen-bond acceptors (Lipinski definition) is 2. The number of benzene rings is 1. The summed E-state index contributed by atoms with van der Waals surface area (Å²) in [4.78, 5) is 0. The first kappa shape index (κ1) is 14.7. The lowest BCUT2D eigenvalue weighted by Gasteiger charge is -2.26. The molecule has 1 aromatic rings. The number of nitrogens with two attached hydrogens (primary N) is 1. The van der Waals surface area contributed by atoms with E-state index in [1.54, 1.807) is 12.1 Å². The smallest absolute Gasteiger partial charge is 0.405 e. The zero-order chi connectivity index (χ0) is 15.0. The van der Waals surface area contributed by atoms with Crippen LogP contribution in [0.25, 0.3) is 0 Å². The first-order chi connectivity index (χ1) is 9.92. The lowest BCUT2D eigenvalue weighted by molar-refractivity contribution is -0.275. The van der Waals surface area contributed by atoms with E-state index in [1.165, 1.54) is 37.8 Å². The summed E-state index contributed by atoms with van der Waals surface area (Å²) < 4.78 is 41.4. The van der Waals surface area contributed by atoms with Gasteiger partial charge in [-0.15, -0.1) is 13.2 Å². The predicted molar refractivity (Wildman–Crippen MR) is 73.6 cm³/mol. The highest BCUT2D eigenvalue weighted by atomic mass is 19.4. The van der Waals surface area contributed by atoms with E-state index in [0.717, 1.165) is 18.3 Å². The molecule has 0 radical (unpaired) electrons. The Bertz CT molecular complexity index is 503. The maximum absolute atomic E-state index is 12.4. The van der Waals surface area contributed by atoms with Gasteiger partial charge in [-0.1, -0.05) is 24.6 Å². The Morgan fingerprint density at radius 3 is 2.57 bits per heavy atom. The normalized spacial score (nSPS) is 29.6. The summed E-state index contributed by atoms with van der Waals surface area (Å²) in [5.41, 5.74) is 6.64.